The van der Waals surface area contributed by atoms with Gasteiger partial charge in [-0.2, -0.15) is 0 Å². The maximum Gasteiger partial charge on any atom is 0.338 e. The van der Waals surface area contributed by atoms with Crippen molar-refractivity contribution in [2.75, 3.05) is 41.2 Å². The van der Waals surface area contributed by atoms with E-state index in [1.807, 2.05) is 6.92 Å². The highest BCUT2D eigenvalue weighted by Gasteiger charge is 2.36. The first-order valence-electron chi connectivity index (χ1n) is 13.3. The Morgan fingerprint density at radius 1 is 1.17 bits per heavy atom. The molecule has 2 heterocycles. The molecular formula is C31H34N2O8S. The number of esters is 1. The number of allylic oxidation sites excluding steroid dienone is 2. The Kier molecular flexibility index (Phi) is 9.87. The molecule has 0 bridgehead atoms. The smallest absolute Gasteiger partial charge is 0.338 e. The van der Waals surface area contributed by atoms with Crippen molar-refractivity contribution in [2.24, 2.45) is 4.99 Å². The van der Waals surface area contributed by atoms with Gasteiger partial charge in [0.2, 0.25) is 0 Å². The Bertz CT molecular complexity index is 1700. The number of carbonyl (C=O) groups excluding carboxylic acids is 1. The number of para-hydroxylation sites is 1. The van der Waals surface area contributed by atoms with E-state index in [-0.39, 0.29) is 35.8 Å². The molecule has 0 saturated heterocycles. The van der Waals surface area contributed by atoms with Crippen LogP contribution >= 0.6 is 11.3 Å². The van der Waals surface area contributed by atoms with E-state index >= 15 is 0 Å². The molecule has 0 amide bonds. The molecule has 3 aromatic rings. The molecule has 0 unspecified atom stereocenters. The second-order valence-corrected chi connectivity index (χ2v) is 10.3. The number of hydrogen-bond donors (Lipinski definition) is 1. The van der Waals surface area contributed by atoms with Crippen LogP contribution in [-0.2, 0) is 20.7 Å². The number of nitrogens with zero attached hydrogens (tertiary/aromatic N) is 2. The van der Waals surface area contributed by atoms with E-state index in [1.54, 1.807) is 49.4 Å². The van der Waals surface area contributed by atoms with E-state index < -0.39 is 12.0 Å². The summed E-state index contributed by atoms with van der Waals surface area (Å²) in [6.45, 7) is 7.90. The van der Waals surface area contributed by atoms with Crippen LogP contribution < -0.4 is 29.1 Å². The van der Waals surface area contributed by atoms with Crippen LogP contribution in [0.25, 0.3) is 6.08 Å². The first-order chi connectivity index (χ1) is 20.3. The van der Waals surface area contributed by atoms with Crippen molar-refractivity contribution >= 4 is 23.4 Å². The highest BCUT2D eigenvalue weighted by atomic mass is 32.1. The fourth-order valence-corrected chi connectivity index (χ4v) is 5.82. The number of methoxy groups -OCH3 is 3. The predicted molar refractivity (Wildman–Crippen MR) is 159 cm³/mol. The van der Waals surface area contributed by atoms with Crippen LogP contribution in [-0.4, -0.2) is 56.8 Å². The van der Waals surface area contributed by atoms with Crippen LogP contribution in [0, 0.1) is 0 Å². The largest absolute Gasteiger partial charge is 0.504 e. The van der Waals surface area contributed by atoms with Crippen LogP contribution in [0.5, 0.6) is 23.0 Å². The van der Waals surface area contributed by atoms with Gasteiger partial charge < -0.3 is 28.8 Å². The van der Waals surface area contributed by atoms with Crippen LogP contribution in [0.3, 0.4) is 0 Å². The topological polar surface area (TPSA) is 118 Å². The number of rotatable bonds is 12. The Hall–Kier alpha value is -4.35. The quantitative estimate of drug-likeness (QED) is 0.193. The lowest BCUT2D eigenvalue weighted by Gasteiger charge is -2.27. The summed E-state index contributed by atoms with van der Waals surface area (Å²) in [5.74, 6) is 0.557. The lowest BCUT2D eigenvalue weighted by Crippen LogP contribution is -2.40. The highest BCUT2D eigenvalue weighted by molar-refractivity contribution is 7.07. The number of hydrogen-bond acceptors (Lipinski definition) is 10. The van der Waals surface area contributed by atoms with Gasteiger partial charge in [0.1, 0.15) is 12.6 Å². The van der Waals surface area contributed by atoms with E-state index in [0.717, 1.165) is 0 Å². The van der Waals surface area contributed by atoms with Crippen molar-refractivity contribution in [1.29, 1.82) is 0 Å². The van der Waals surface area contributed by atoms with Gasteiger partial charge in [-0.15, -0.1) is 6.58 Å². The van der Waals surface area contributed by atoms with Gasteiger partial charge in [-0.05, 0) is 50.1 Å². The highest BCUT2D eigenvalue weighted by Crippen LogP contribution is 2.41. The first-order valence-corrected chi connectivity index (χ1v) is 14.1. The van der Waals surface area contributed by atoms with Gasteiger partial charge in [-0.1, -0.05) is 29.5 Å². The van der Waals surface area contributed by atoms with Crippen molar-refractivity contribution in [1.82, 2.24) is 4.57 Å². The molecule has 1 aliphatic heterocycles. The second-order valence-electron chi connectivity index (χ2n) is 9.25. The number of aromatic nitrogens is 1. The molecule has 1 atom stereocenters. The predicted octanol–water partition coefficient (Wildman–Crippen LogP) is 3.27. The van der Waals surface area contributed by atoms with Crippen LogP contribution in [0.1, 0.15) is 36.6 Å². The standard InChI is InChI=1S/C31H34N2O8S/c1-7-10-20-15-19(16-23(39-6)27(20)34)17-24-29(35)33-26(21-11-9-12-22(38-5)28(21)40-8-2)25(18(3)32-31(33)42-24)30(36)41-14-13-37-4/h7,9,11-12,15-17,26,34H,1,8,10,13-14H2,2-6H3/b24-17+/t26-/m0/s1. The third-order valence-electron chi connectivity index (χ3n) is 6.63. The molecule has 2 aromatic carbocycles. The molecule has 1 N–H and O–H groups in total. The monoisotopic (exact) mass is 594 g/mol. The van der Waals surface area contributed by atoms with Crippen LogP contribution in [0.15, 0.2) is 64.0 Å². The molecule has 1 aliphatic rings. The summed E-state index contributed by atoms with van der Waals surface area (Å²) < 4.78 is 29.3. The van der Waals surface area contributed by atoms with Crippen molar-refractivity contribution in [3.63, 3.8) is 0 Å². The van der Waals surface area contributed by atoms with Crippen LogP contribution in [0.4, 0.5) is 0 Å². The van der Waals surface area contributed by atoms with Crippen molar-refractivity contribution < 1.29 is 33.6 Å². The minimum Gasteiger partial charge on any atom is -0.504 e. The summed E-state index contributed by atoms with van der Waals surface area (Å²) in [4.78, 5) is 32.6. The molecule has 0 aliphatic carbocycles. The number of benzene rings is 2. The Labute approximate surface area is 247 Å². The van der Waals surface area contributed by atoms with Crippen molar-refractivity contribution in [3.8, 4) is 23.0 Å². The average molecular weight is 595 g/mol. The molecule has 1 aromatic heterocycles. The van der Waals surface area contributed by atoms with E-state index in [9.17, 15) is 14.7 Å². The molecule has 11 heteroatoms. The van der Waals surface area contributed by atoms with Gasteiger partial charge in [0, 0.05) is 18.2 Å². The Morgan fingerprint density at radius 3 is 2.60 bits per heavy atom. The summed E-state index contributed by atoms with van der Waals surface area (Å²) in [6, 6.07) is 7.85. The van der Waals surface area contributed by atoms with Crippen molar-refractivity contribution in [3.05, 3.63) is 90.6 Å². The van der Waals surface area contributed by atoms with E-state index in [2.05, 4.69) is 11.6 Å². The maximum atomic E-state index is 14.1. The zero-order valence-electron chi connectivity index (χ0n) is 24.3. The van der Waals surface area contributed by atoms with Crippen LogP contribution in [0.2, 0.25) is 0 Å². The zero-order valence-corrected chi connectivity index (χ0v) is 25.1. The SMILES string of the molecule is C=CCc1cc(/C=c2/sc3n(c2=O)[C@@H](c2cccc(OC)c2OCC)C(C(=O)OCCOC)=C(C)N=3)cc(OC)c1O. The normalized spacial score (nSPS) is 14.7. The maximum absolute atomic E-state index is 14.1. The van der Waals surface area contributed by atoms with Gasteiger partial charge in [-0.25, -0.2) is 9.79 Å². The Morgan fingerprint density at radius 2 is 1.93 bits per heavy atom. The summed E-state index contributed by atoms with van der Waals surface area (Å²) in [5, 5.41) is 10.5. The van der Waals surface area contributed by atoms with Gasteiger partial charge in [0.25, 0.3) is 5.56 Å². The van der Waals surface area contributed by atoms with Gasteiger partial charge in [-0.3, -0.25) is 9.36 Å². The molecule has 0 spiro atoms. The number of carbonyl (C=O) groups is 1. The number of phenols is 1. The lowest BCUT2D eigenvalue weighted by molar-refractivity contribution is -0.140. The van der Waals surface area contributed by atoms with E-state index in [1.165, 1.54) is 37.2 Å². The summed E-state index contributed by atoms with van der Waals surface area (Å²) in [6.07, 6.45) is 3.79. The minimum atomic E-state index is -0.902. The van der Waals surface area contributed by atoms with Gasteiger partial charge >= 0.3 is 5.97 Å². The first kappa shape index (κ1) is 30.6. The summed E-state index contributed by atoms with van der Waals surface area (Å²) >= 11 is 1.19. The summed E-state index contributed by atoms with van der Waals surface area (Å²) in [7, 11) is 4.51. The molecule has 42 heavy (non-hydrogen) atoms. The Balaban J connectivity index is 1.98. The number of ether oxygens (including phenoxy) is 5. The minimum absolute atomic E-state index is 0.0183. The van der Waals surface area contributed by atoms with Crippen molar-refractivity contribution in [2.45, 2.75) is 26.3 Å². The summed E-state index contributed by atoms with van der Waals surface area (Å²) in [5.41, 5.74) is 2.07. The number of phenolic OH excluding ortho intramolecular Hbond substituents is 1. The molecule has 0 fully saturated rings. The lowest BCUT2D eigenvalue weighted by atomic mass is 9.94. The molecular weight excluding hydrogens is 560 g/mol. The van der Waals surface area contributed by atoms with E-state index in [0.29, 0.717) is 56.2 Å². The fraction of sp³-hybridized carbons (Fsp3) is 0.323. The van der Waals surface area contributed by atoms with Gasteiger partial charge in [0.05, 0.1) is 43.2 Å². The number of aromatic hydroxyl groups is 1. The third-order valence-corrected chi connectivity index (χ3v) is 7.62. The fourth-order valence-electron chi connectivity index (χ4n) is 4.77. The number of fused-ring (bicyclic) bond motifs is 1. The molecule has 222 valence electrons. The van der Waals surface area contributed by atoms with Gasteiger partial charge in [0.15, 0.2) is 27.8 Å². The molecule has 0 saturated carbocycles. The second kappa shape index (κ2) is 13.5. The molecule has 0 radical (unpaired) electrons. The average Bonchev–Trinajstić information content (AvgIpc) is 3.28. The molecule has 4 rings (SSSR count). The zero-order chi connectivity index (χ0) is 30.4. The van der Waals surface area contributed by atoms with E-state index in [4.69, 9.17) is 23.7 Å². The number of thiazole rings is 1. The third kappa shape index (κ3) is 5.97. The molecule has 10 nitrogen and oxygen atoms in total.